The van der Waals surface area contributed by atoms with E-state index in [0.717, 1.165) is 40.3 Å². The molecule has 4 bridgehead atoms. The van der Waals surface area contributed by atoms with Gasteiger partial charge in [0.25, 0.3) is 0 Å². The van der Waals surface area contributed by atoms with Gasteiger partial charge in [-0.15, -0.1) is 0 Å². The van der Waals surface area contributed by atoms with E-state index in [9.17, 15) is 5.11 Å². The van der Waals surface area contributed by atoms with Crippen molar-refractivity contribution >= 4 is 10.9 Å². The molecule has 0 amide bonds. The Hall–Kier alpha value is -2.30. The van der Waals surface area contributed by atoms with Crippen molar-refractivity contribution < 1.29 is 9.84 Å². The van der Waals surface area contributed by atoms with Gasteiger partial charge in [-0.3, -0.25) is 0 Å². The first-order valence-electron chi connectivity index (χ1n) is 12.3. The van der Waals surface area contributed by atoms with E-state index in [-0.39, 0.29) is 5.54 Å². The fraction of sp³-hybridized carbons (Fsp3) is 0.500. The molecule has 4 saturated carbocycles. The number of aromatic amines is 1. The summed E-state index contributed by atoms with van der Waals surface area (Å²) < 4.78 is 5.92. The number of aliphatic hydroxyl groups is 1. The maximum atomic E-state index is 10.6. The summed E-state index contributed by atoms with van der Waals surface area (Å²) in [6, 6.07) is 16.6. The van der Waals surface area contributed by atoms with Crippen molar-refractivity contribution in [3.63, 3.8) is 0 Å². The highest BCUT2D eigenvalue weighted by Gasteiger charge is 2.50. The van der Waals surface area contributed by atoms with Gasteiger partial charge in [-0.25, -0.2) is 0 Å². The molecule has 2 aromatic carbocycles. The van der Waals surface area contributed by atoms with Crippen molar-refractivity contribution in [1.29, 1.82) is 0 Å². The molecule has 3 aromatic rings. The molecule has 0 saturated heterocycles. The molecule has 4 fully saturated rings. The van der Waals surface area contributed by atoms with Crippen molar-refractivity contribution in [3.8, 4) is 17.0 Å². The zero-order valence-corrected chi connectivity index (χ0v) is 18.9. The summed E-state index contributed by atoms with van der Waals surface area (Å²) in [5.41, 5.74) is 5.01. The van der Waals surface area contributed by atoms with Crippen LogP contribution in [0, 0.1) is 24.7 Å². The molecule has 32 heavy (non-hydrogen) atoms. The number of ether oxygens (including phenoxy) is 1. The number of H-pyrrole nitrogens is 1. The molecule has 1 atom stereocenters. The van der Waals surface area contributed by atoms with E-state index in [0.29, 0.717) is 13.2 Å². The molecule has 4 aliphatic carbocycles. The zero-order valence-electron chi connectivity index (χ0n) is 18.9. The maximum Gasteiger partial charge on any atom is 0.119 e. The molecule has 3 N–H and O–H groups in total. The van der Waals surface area contributed by atoms with Crippen LogP contribution in [0.3, 0.4) is 0 Å². The van der Waals surface area contributed by atoms with E-state index < -0.39 is 6.10 Å². The zero-order chi connectivity index (χ0) is 21.7. The van der Waals surface area contributed by atoms with Crippen LogP contribution in [0.15, 0.2) is 48.5 Å². The Morgan fingerprint density at radius 2 is 1.66 bits per heavy atom. The van der Waals surface area contributed by atoms with Crippen molar-refractivity contribution in [2.75, 3.05) is 13.2 Å². The third kappa shape index (κ3) is 3.74. The molecule has 1 aromatic heterocycles. The number of hydrogen-bond acceptors (Lipinski definition) is 3. The predicted octanol–water partition coefficient (Wildman–Crippen LogP) is 5.44. The average Bonchev–Trinajstić information content (AvgIpc) is 3.12. The summed E-state index contributed by atoms with van der Waals surface area (Å²) in [7, 11) is 0. The molecule has 1 unspecified atom stereocenters. The summed E-state index contributed by atoms with van der Waals surface area (Å²) in [4.78, 5) is 3.53. The number of para-hydroxylation sites is 1. The van der Waals surface area contributed by atoms with Crippen LogP contribution in [0.5, 0.6) is 5.75 Å². The standard InChI is InChI=1S/C28H34N2O2/c1-18-25-4-2-3-5-26(25)30-27(18)22-6-8-24(9-7-22)32-17-23(31)16-29-28-13-19-10-20(14-28)12-21(11-19)15-28/h2-9,19-21,23,29-31H,10-17H2,1H3. The fourth-order valence-electron chi connectivity index (χ4n) is 7.20. The molecule has 0 spiro atoms. The van der Waals surface area contributed by atoms with E-state index in [1.807, 2.05) is 12.1 Å². The highest BCUT2D eigenvalue weighted by Crippen LogP contribution is 2.55. The van der Waals surface area contributed by atoms with Crippen LogP contribution in [0.1, 0.15) is 44.1 Å². The monoisotopic (exact) mass is 430 g/mol. The third-order valence-electron chi connectivity index (χ3n) is 8.30. The van der Waals surface area contributed by atoms with E-state index in [2.05, 4.69) is 53.6 Å². The van der Waals surface area contributed by atoms with Crippen molar-refractivity contribution in [2.45, 2.75) is 57.1 Å². The van der Waals surface area contributed by atoms with Gasteiger partial charge >= 0.3 is 0 Å². The smallest absolute Gasteiger partial charge is 0.119 e. The largest absolute Gasteiger partial charge is 0.491 e. The van der Waals surface area contributed by atoms with Crippen LogP contribution in [-0.2, 0) is 0 Å². The Morgan fingerprint density at radius 3 is 2.31 bits per heavy atom. The van der Waals surface area contributed by atoms with E-state index in [4.69, 9.17) is 4.74 Å². The normalized spacial score (nSPS) is 29.5. The number of nitrogens with one attached hydrogen (secondary N) is 2. The molecule has 4 nitrogen and oxygen atoms in total. The second-order valence-corrected chi connectivity index (χ2v) is 10.7. The lowest BCUT2D eigenvalue weighted by Crippen LogP contribution is -2.59. The van der Waals surface area contributed by atoms with Gasteiger partial charge in [0, 0.05) is 28.7 Å². The van der Waals surface area contributed by atoms with Crippen LogP contribution in [0.2, 0.25) is 0 Å². The number of aromatic nitrogens is 1. The number of fused-ring (bicyclic) bond motifs is 1. The second-order valence-electron chi connectivity index (χ2n) is 10.7. The summed E-state index contributed by atoms with van der Waals surface area (Å²) >= 11 is 0. The predicted molar refractivity (Wildman–Crippen MR) is 129 cm³/mol. The molecular formula is C28H34N2O2. The first-order chi connectivity index (χ1) is 15.6. The summed E-state index contributed by atoms with van der Waals surface area (Å²) in [5, 5.41) is 15.6. The van der Waals surface area contributed by atoms with E-state index in [1.54, 1.807) is 0 Å². The molecule has 168 valence electrons. The number of rotatable bonds is 7. The van der Waals surface area contributed by atoms with Gasteiger partial charge in [-0.05, 0) is 105 Å². The lowest BCUT2D eigenvalue weighted by atomic mass is 9.53. The lowest BCUT2D eigenvalue weighted by molar-refractivity contribution is -0.0266. The van der Waals surface area contributed by atoms with Gasteiger partial charge < -0.3 is 20.1 Å². The number of benzene rings is 2. The van der Waals surface area contributed by atoms with Crippen LogP contribution in [0.25, 0.3) is 22.2 Å². The van der Waals surface area contributed by atoms with Gasteiger partial charge in [0.1, 0.15) is 18.5 Å². The van der Waals surface area contributed by atoms with Gasteiger partial charge in [0.15, 0.2) is 0 Å². The van der Waals surface area contributed by atoms with Gasteiger partial charge in [0.2, 0.25) is 0 Å². The fourth-order valence-corrected chi connectivity index (χ4v) is 7.20. The summed E-state index contributed by atoms with van der Waals surface area (Å²) in [5.74, 6) is 3.56. The van der Waals surface area contributed by atoms with Crippen molar-refractivity contribution in [1.82, 2.24) is 10.3 Å². The topological polar surface area (TPSA) is 57.3 Å². The van der Waals surface area contributed by atoms with Gasteiger partial charge in [0.05, 0.1) is 0 Å². The first kappa shape index (κ1) is 20.3. The molecule has 4 aliphatic rings. The Labute approximate surface area is 190 Å². The van der Waals surface area contributed by atoms with E-state index in [1.165, 1.54) is 49.5 Å². The van der Waals surface area contributed by atoms with Crippen LogP contribution < -0.4 is 10.1 Å². The summed E-state index contributed by atoms with van der Waals surface area (Å²) in [6.07, 6.45) is 7.77. The number of aliphatic hydroxyl groups excluding tert-OH is 1. The molecule has 4 heteroatoms. The minimum atomic E-state index is -0.487. The summed E-state index contributed by atoms with van der Waals surface area (Å²) in [6.45, 7) is 3.11. The molecule has 7 rings (SSSR count). The lowest BCUT2D eigenvalue weighted by Gasteiger charge is -2.57. The van der Waals surface area contributed by atoms with Crippen LogP contribution in [-0.4, -0.2) is 34.9 Å². The average molecular weight is 431 g/mol. The number of aryl methyl sites for hydroxylation is 1. The van der Waals surface area contributed by atoms with Gasteiger partial charge in [-0.2, -0.15) is 0 Å². The minimum Gasteiger partial charge on any atom is -0.491 e. The van der Waals surface area contributed by atoms with Crippen LogP contribution in [0.4, 0.5) is 0 Å². The Bertz CT molecular complexity index is 1070. The highest BCUT2D eigenvalue weighted by atomic mass is 16.5. The highest BCUT2D eigenvalue weighted by molar-refractivity contribution is 5.90. The second kappa shape index (κ2) is 7.93. The molecule has 0 radical (unpaired) electrons. The number of β-amino-alcohol motifs (C(OH)–C–C–N with tert-alkyl or cyclic N) is 1. The van der Waals surface area contributed by atoms with E-state index >= 15 is 0 Å². The Balaban J connectivity index is 1.05. The molecule has 0 aliphatic heterocycles. The molecule has 1 heterocycles. The Morgan fingerprint density at radius 1 is 1.00 bits per heavy atom. The molecular weight excluding hydrogens is 396 g/mol. The quantitative estimate of drug-likeness (QED) is 0.468. The van der Waals surface area contributed by atoms with Gasteiger partial charge in [-0.1, -0.05) is 18.2 Å². The first-order valence-corrected chi connectivity index (χ1v) is 12.3. The number of hydrogen-bond donors (Lipinski definition) is 3. The maximum absolute atomic E-state index is 10.6. The Kier molecular flexibility index (Phi) is 5.03. The minimum absolute atomic E-state index is 0.287. The van der Waals surface area contributed by atoms with Crippen molar-refractivity contribution in [2.24, 2.45) is 17.8 Å². The third-order valence-corrected chi connectivity index (χ3v) is 8.30. The van der Waals surface area contributed by atoms with Crippen molar-refractivity contribution in [3.05, 3.63) is 54.1 Å². The SMILES string of the molecule is Cc1c(-c2ccc(OCC(O)CNC34CC5CC(CC(C5)C3)C4)cc2)[nH]c2ccccc12. The van der Waals surface area contributed by atoms with Crippen LogP contribution >= 0.6 is 0 Å².